The number of aliphatic hydroxyl groups excluding tert-OH is 1. The Balaban J connectivity index is 2.35. The van der Waals surface area contributed by atoms with Crippen molar-refractivity contribution in [2.75, 3.05) is 11.4 Å². The number of anilines is 1. The molecule has 1 saturated heterocycles. The molecule has 2 unspecified atom stereocenters. The molecule has 1 aliphatic heterocycles. The smallest absolute Gasteiger partial charge is 0.371 e. The summed E-state index contributed by atoms with van der Waals surface area (Å²) < 4.78 is 75.4. The molecule has 5 nitrogen and oxygen atoms in total. The Morgan fingerprint density at radius 2 is 1.87 bits per heavy atom. The van der Waals surface area contributed by atoms with Gasteiger partial charge in [0.2, 0.25) is 0 Å². The van der Waals surface area contributed by atoms with Crippen molar-refractivity contribution in [3.8, 4) is 0 Å². The summed E-state index contributed by atoms with van der Waals surface area (Å²) in [6.07, 6.45) is -10.4. The molecule has 2 amide bonds. The third kappa shape index (κ3) is 3.49. The first-order valence-corrected chi connectivity index (χ1v) is 6.30. The van der Waals surface area contributed by atoms with Crippen LogP contribution in [0.4, 0.5) is 37.0 Å². The molecular formula is C12H11F6N3O2. The Kier molecular flexibility index (Phi) is 4.18. The molecule has 1 aliphatic rings. The molecule has 1 fully saturated rings. The molecule has 0 spiro atoms. The van der Waals surface area contributed by atoms with Crippen LogP contribution in [0.25, 0.3) is 0 Å². The van der Waals surface area contributed by atoms with Crippen molar-refractivity contribution in [1.29, 1.82) is 0 Å². The number of carbonyl (C=O) groups is 1. The second-order valence-electron chi connectivity index (χ2n) is 4.95. The first kappa shape index (κ1) is 17.3. The minimum absolute atomic E-state index is 0.326. The number of hydrogen-bond donors (Lipinski definition) is 1. The van der Waals surface area contributed by atoms with E-state index in [0.717, 1.165) is 13.1 Å². The van der Waals surface area contributed by atoms with Gasteiger partial charge in [0, 0.05) is 6.20 Å². The maximum Gasteiger partial charge on any atom is 0.416 e. The lowest BCUT2D eigenvalue weighted by molar-refractivity contribution is -0.143. The molecule has 0 aliphatic carbocycles. The topological polar surface area (TPSA) is 56.7 Å². The van der Waals surface area contributed by atoms with Gasteiger partial charge >= 0.3 is 18.4 Å². The van der Waals surface area contributed by atoms with Crippen LogP contribution in [0, 0.1) is 0 Å². The number of aromatic nitrogens is 1. The second-order valence-corrected chi connectivity index (χ2v) is 4.95. The monoisotopic (exact) mass is 343 g/mol. The van der Waals surface area contributed by atoms with Gasteiger partial charge in [-0.25, -0.2) is 14.7 Å². The third-order valence-corrected chi connectivity index (χ3v) is 3.31. The second kappa shape index (κ2) is 5.55. The highest BCUT2D eigenvalue weighted by molar-refractivity contribution is 5.94. The Hall–Kier alpha value is -2.04. The van der Waals surface area contributed by atoms with Gasteiger partial charge in [0.25, 0.3) is 0 Å². The SMILES string of the molecule is CC1C(O)N(c2cc(C(F)(F)F)ccn2)C(=O)N1CC(F)(F)F. The van der Waals surface area contributed by atoms with E-state index >= 15 is 0 Å². The predicted octanol–water partition coefficient (Wildman–Crippen LogP) is 2.61. The van der Waals surface area contributed by atoms with Crippen LogP contribution in [-0.4, -0.2) is 46.0 Å². The number of pyridine rings is 1. The molecule has 2 rings (SSSR count). The van der Waals surface area contributed by atoms with E-state index in [4.69, 9.17) is 0 Å². The molecule has 23 heavy (non-hydrogen) atoms. The highest BCUT2D eigenvalue weighted by atomic mass is 19.4. The van der Waals surface area contributed by atoms with Gasteiger partial charge in [-0.15, -0.1) is 0 Å². The fourth-order valence-corrected chi connectivity index (χ4v) is 2.17. The Bertz CT molecular complexity index is 603. The van der Waals surface area contributed by atoms with Crippen molar-refractivity contribution in [2.45, 2.75) is 31.5 Å². The van der Waals surface area contributed by atoms with E-state index < -0.39 is 48.6 Å². The standard InChI is InChI=1S/C12H11F6N3O2/c1-6-9(22)21(10(23)20(6)5-11(13,14)15)8-4-7(2-3-19-8)12(16,17)18/h2-4,6,9,22H,5H2,1H3. The van der Waals surface area contributed by atoms with Gasteiger partial charge in [-0.3, -0.25) is 0 Å². The van der Waals surface area contributed by atoms with E-state index in [-0.39, 0.29) is 0 Å². The molecule has 1 N–H and O–H groups in total. The van der Waals surface area contributed by atoms with Crippen LogP contribution < -0.4 is 4.90 Å². The van der Waals surface area contributed by atoms with Crippen LogP contribution >= 0.6 is 0 Å². The van der Waals surface area contributed by atoms with E-state index in [1.807, 2.05) is 0 Å². The molecule has 0 bridgehead atoms. The molecule has 0 saturated carbocycles. The summed E-state index contributed by atoms with van der Waals surface area (Å²) in [6, 6.07) is -1.40. The Morgan fingerprint density at radius 1 is 1.26 bits per heavy atom. The molecule has 11 heteroatoms. The van der Waals surface area contributed by atoms with E-state index in [9.17, 15) is 36.2 Å². The highest BCUT2D eigenvalue weighted by Crippen LogP contribution is 2.34. The lowest BCUT2D eigenvalue weighted by Gasteiger charge is -2.21. The van der Waals surface area contributed by atoms with Gasteiger partial charge in [-0.2, -0.15) is 26.3 Å². The average Bonchev–Trinajstić information content (AvgIpc) is 2.61. The van der Waals surface area contributed by atoms with Crippen LogP contribution in [0.2, 0.25) is 0 Å². The number of amides is 2. The maximum atomic E-state index is 12.7. The van der Waals surface area contributed by atoms with E-state index in [1.165, 1.54) is 0 Å². The summed E-state index contributed by atoms with van der Waals surface area (Å²) >= 11 is 0. The zero-order chi connectivity index (χ0) is 17.6. The van der Waals surface area contributed by atoms with E-state index in [2.05, 4.69) is 4.98 Å². The van der Waals surface area contributed by atoms with Gasteiger partial charge < -0.3 is 10.0 Å². The van der Waals surface area contributed by atoms with Crippen molar-refractivity contribution in [1.82, 2.24) is 9.88 Å². The van der Waals surface area contributed by atoms with Crippen molar-refractivity contribution >= 4 is 11.8 Å². The van der Waals surface area contributed by atoms with Crippen LogP contribution in [0.1, 0.15) is 12.5 Å². The van der Waals surface area contributed by atoms with Gasteiger partial charge in [0.05, 0.1) is 11.6 Å². The zero-order valence-electron chi connectivity index (χ0n) is 11.6. The minimum Gasteiger partial charge on any atom is -0.371 e. The summed E-state index contributed by atoms with van der Waals surface area (Å²) in [5.74, 6) is -0.575. The number of rotatable bonds is 2. The van der Waals surface area contributed by atoms with Crippen molar-refractivity contribution < 1.29 is 36.2 Å². The summed E-state index contributed by atoms with van der Waals surface area (Å²) in [5, 5.41) is 9.92. The largest absolute Gasteiger partial charge is 0.416 e. The lowest BCUT2D eigenvalue weighted by Crippen LogP contribution is -2.41. The number of halogens is 6. The fraction of sp³-hybridized carbons (Fsp3) is 0.500. The van der Waals surface area contributed by atoms with Crippen molar-refractivity contribution in [3.63, 3.8) is 0 Å². The number of urea groups is 1. The van der Waals surface area contributed by atoms with Gasteiger partial charge in [-0.1, -0.05) is 0 Å². The summed E-state index contributed by atoms with van der Waals surface area (Å²) in [7, 11) is 0. The lowest BCUT2D eigenvalue weighted by atomic mass is 10.2. The quantitative estimate of drug-likeness (QED) is 0.840. The van der Waals surface area contributed by atoms with Crippen LogP contribution in [0.5, 0.6) is 0 Å². The van der Waals surface area contributed by atoms with Crippen LogP contribution in [0.3, 0.4) is 0 Å². The minimum atomic E-state index is -4.72. The maximum absolute atomic E-state index is 12.7. The van der Waals surface area contributed by atoms with Crippen molar-refractivity contribution in [2.24, 2.45) is 0 Å². The van der Waals surface area contributed by atoms with E-state index in [0.29, 0.717) is 21.9 Å². The fourth-order valence-electron chi connectivity index (χ4n) is 2.17. The highest BCUT2D eigenvalue weighted by Gasteiger charge is 2.48. The zero-order valence-corrected chi connectivity index (χ0v) is 11.6. The average molecular weight is 343 g/mol. The molecule has 0 radical (unpaired) electrons. The van der Waals surface area contributed by atoms with Gasteiger partial charge in [0.15, 0.2) is 6.23 Å². The van der Waals surface area contributed by atoms with Crippen LogP contribution in [-0.2, 0) is 6.18 Å². The van der Waals surface area contributed by atoms with Crippen LogP contribution in [0.15, 0.2) is 18.3 Å². The Labute approximate surface area is 126 Å². The molecule has 0 aromatic carbocycles. The number of hydrogen-bond acceptors (Lipinski definition) is 3. The summed E-state index contributed by atoms with van der Waals surface area (Å²) in [6.45, 7) is -0.471. The molecular weight excluding hydrogens is 332 g/mol. The van der Waals surface area contributed by atoms with E-state index in [1.54, 1.807) is 0 Å². The van der Waals surface area contributed by atoms with Gasteiger partial charge in [-0.05, 0) is 19.1 Å². The first-order valence-electron chi connectivity index (χ1n) is 6.30. The number of alkyl halides is 6. The summed E-state index contributed by atoms with van der Waals surface area (Å²) in [4.78, 5) is 16.3. The molecule has 2 heterocycles. The molecule has 1 aromatic rings. The number of aliphatic hydroxyl groups is 1. The summed E-state index contributed by atoms with van der Waals surface area (Å²) in [5.41, 5.74) is -1.13. The number of nitrogens with zero attached hydrogens (tertiary/aromatic N) is 3. The first-order chi connectivity index (χ1) is 10.4. The third-order valence-electron chi connectivity index (χ3n) is 3.31. The molecule has 2 atom stereocenters. The predicted molar refractivity (Wildman–Crippen MR) is 65.3 cm³/mol. The number of carbonyl (C=O) groups excluding carboxylic acids is 1. The molecule has 1 aromatic heterocycles. The van der Waals surface area contributed by atoms with Gasteiger partial charge in [0.1, 0.15) is 12.4 Å². The van der Waals surface area contributed by atoms with Crippen molar-refractivity contribution in [3.05, 3.63) is 23.9 Å². The Morgan fingerprint density at radius 3 is 2.39 bits per heavy atom. The normalized spacial score (nSPS) is 22.9. The molecule has 128 valence electrons.